The Kier molecular flexibility index (Phi) is 6.36. The Labute approximate surface area is 167 Å². The Balaban J connectivity index is 1.49. The monoisotopic (exact) mass is 406 g/mol. The van der Waals surface area contributed by atoms with Gasteiger partial charge in [-0.3, -0.25) is 9.59 Å². The van der Waals surface area contributed by atoms with Crippen LogP contribution < -0.4 is 9.47 Å². The molecule has 1 heterocycles. The van der Waals surface area contributed by atoms with E-state index in [4.69, 9.17) is 21.1 Å². The summed E-state index contributed by atoms with van der Waals surface area (Å²) in [7, 11) is 1.57. The second kappa shape index (κ2) is 8.93. The van der Waals surface area contributed by atoms with Crippen molar-refractivity contribution >= 4 is 23.4 Å². The standard InChI is InChI=1S/C20H20ClFN2O4/c1-27-16-5-2-14(3-6-16)20(26)24-10-8-23(9-11-24)19(25)13-28-18-7-4-15(22)12-17(18)21/h2-7,12H,8-11,13H2,1H3. The lowest BCUT2D eigenvalue weighted by Gasteiger charge is -2.34. The van der Waals surface area contributed by atoms with Gasteiger partial charge < -0.3 is 19.3 Å². The first-order valence-corrected chi connectivity index (χ1v) is 9.14. The molecule has 0 unspecified atom stereocenters. The number of rotatable bonds is 5. The Morgan fingerprint density at radius 3 is 2.29 bits per heavy atom. The molecular formula is C20H20ClFN2O4. The zero-order chi connectivity index (χ0) is 20.1. The van der Waals surface area contributed by atoms with Crippen LogP contribution in [0.4, 0.5) is 4.39 Å². The average Bonchev–Trinajstić information content (AvgIpc) is 2.72. The quantitative estimate of drug-likeness (QED) is 0.766. The van der Waals surface area contributed by atoms with E-state index in [1.807, 2.05) is 0 Å². The minimum absolute atomic E-state index is 0.0795. The van der Waals surface area contributed by atoms with E-state index in [1.54, 1.807) is 41.2 Å². The fourth-order valence-electron chi connectivity index (χ4n) is 2.90. The number of benzene rings is 2. The van der Waals surface area contributed by atoms with Gasteiger partial charge in [-0.05, 0) is 42.5 Å². The molecule has 0 atom stereocenters. The zero-order valence-electron chi connectivity index (χ0n) is 15.4. The van der Waals surface area contributed by atoms with Crippen molar-refractivity contribution in [3.63, 3.8) is 0 Å². The summed E-state index contributed by atoms with van der Waals surface area (Å²) >= 11 is 5.89. The molecule has 6 nitrogen and oxygen atoms in total. The molecule has 0 N–H and O–H groups in total. The van der Waals surface area contributed by atoms with E-state index in [0.29, 0.717) is 37.5 Å². The Hall–Kier alpha value is -2.80. The zero-order valence-corrected chi connectivity index (χ0v) is 16.1. The van der Waals surface area contributed by atoms with Crippen LogP contribution in [0.1, 0.15) is 10.4 Å². The van der Waals surface area contributed by atoms with Crippen molar-refractivity contribution in [2.24, 2.45) is 0 Å². The molecule has 2 aromatic rings. The van der Waals surface area contributed by atoms with Crippen LogP contribution in [0.5, 0.6) is 11.5 Å². The molecule has 2 amide bonds. The highest BCUT2D eigenvalue weighted by molar-refractivity contribution is 6.32. The van der Waals surface area contributed by atoms with Crippen molar-refractivity contribution in [1.29, 1.82) is 0 Å². The number of hydrogen-bond donors (Lipinski definition) is 0. The number of piperazine rings is 1. The summed E-state index contributed by atoms with van der Waals surface area (Å²) in [6.45, 7) is 1.52. The molecule has 148 valence electrons. The molecule has 0 aromatic heterocycles. The number of carbonyl (C=O) groups excluding carboxylic acids is 2. The van der Waals surface area contributed by atoms with Crippen LogP contribution >= 0.6 is 11.6 Å². The Bertz CT molecular complexity index is 852. The van der Waals surface area contributed by atoms with Gasteiger partial charge in [0.05, 0.1) is 12.1 Å². The minimum atomic E-state index is -0.471. The maximum Gasteiger partial charge on any atom is 0.260 e. The van der Waals surface area contributed by atoms with E-state index in [1.165, 1.54) is 12.1 Å². The second-order valence-corrected chi connectivity index (χ2v) is 6.67. The molecule has 28 heavy (non-hydrogen) atoms. The van der Waals surface area contributed by atoms with Crippen LogP contribution in [0.15, 0.2) is 42.5 Å². The molecule has 0 aliphatic carbocycles. The summed E-state index contributed by atoms with van der Waals surface area (Å²) in [5.41, 5.74) is 0.579. The van der Waals surface area contributed by atoms with Gasteiger partial charge in [0.1, 0.15) is 17.3 Å². The molecular weight excluding hydrogens is 387 g/mol. The van der Waals surface area contributed by atoms with Crippen LogP contribution in [0, 0.1) is 5.82 Å². The van der Waals surface area contributed by atoms with Crippen molar-refractivity contribution < 1.29 is 23.5 Å². The number of nitrogens with zero attached hydrogens (tertiary/aromatic N) is 2. The topological polar surface area (TPSA) is 59.1 Å². The number of hydrogen-bond acceptors (Lipinski definition) is 4. The van der Waals surface area contributed by atoms with Gasteiger partial charge in [0.2, 0.25) is 0 Å². The molecule has 0 radical (unpaired) electrons. The smallest absolute Gasteiger partial charge is 0.260 e. The molecule has 1 saturated heterocycles. The first-order chi connectivity index (χ1) is 13.5. The highest BCUT2D eigenvalue weighted by atomic mass is 35.5. The number of methoxy groups -OCH3 is 1. The normalized spacial score (nSPS) is 14.0. The summed E-state index contributed by atoms with van der Waals surface area (Å²) in [5, 5.41) is 0.114. The summed E-state index contributed by atoms with van der Waals surface area (Å²) in [4.78, 5) is 28.2. The third kappa shape index (κ3) is 4.72. The third-order valence-electron chi connectivity index (χ3n) is 4.50. The highest BCUT2D eigenvalue weighted by Crippen LogP contribution is 2.24. The van der Waals surface area contributed by atoms with Crippen molar-refractivity contribution in [1.82, 2.24) is 9.80 Å². The first-order valence-electron chi connectivity index (χ1n) is 8.77. The number of halogens is 2. The molecule has 1 fully saturated rings. The first kappa shape index (κ1) is 19.9. The molecule has 0 saturated carbocycles. The SMILES string of the molecule is COc1ccc(C(=O)N2CCN(C(=O)COc3ccc(F)cc3Cl)CC2)cc1. The van der Waals surface area contributed by atoms with E-state index in [-0.39, 0.29) is 29.2 Å². The van der Waals surface area contributed by atoms with E-state index in [2.05, 4.69) is 0 Å². The van der Waals surface area contributed by atoms with Gasteiger partial charge in [-0.25, -0.2) is 4.39 Å². The van der Waals surface area contributed by atoms with Gasteiger partial charge in [-0.2, -0.15) is 0 Å². The third-order valence-corrected chi connectivity index (χ3v) is 4.80. The summed E-state index contributed by atoms with van der Waals surface area (Å²) in [6.07, 6.45) is 0. The maximum atomic E-state index is 13.0. The van der Waals surface area contributed by atoms with E-state index >= 15 is 0 Å². The lowest BCUT2D eigenvalue weighted by Crippen LogP contribution is -2.51. The van der Waals surface area contributed by atoms with Gasteiger partial charge in [0.25, 0.3) is 11.8 Å². The molecule has 1 aliphatic rings. The van der Waals surface area contributed by atoms with Crippen LogP contribution in [0.25, 0.3) is 0 Å². The van der Waals surface area contributed by atoms with Crippen LogP contribution in [-0.2, 0) is 4.79 Å². The van der Waals surface area contributed by atoms with Gasteiger partial charge in [0, 0.05) is 31.7 Å². The predicted molar refractivity (Wildman–Crippen MR) is 102 cm³/mol. The van der Waals surface area contributed by atoms with Gasteiger partial charge >= 0.3 is 0 Å². The molecule has 1 aliphatic heterocycles. The Morgan fingerprint density at radius 2 is 1.68 bits per heavy atom. The van der Waals surface area contributed by atoms with E-state index in [0.717, 1.165) is 6.07 Å². The molecule has 0 bridgehead atoms. The van der Waals surface area contributed by atoms with E-state index < -0.39 is 5.82 Å². The van der Waals surface area contributed by atoms with Crippen molar-refractivity contribution in [3.8, 4) is 11.5 Å². The van der Waals surface area contributed by atoms with Crippen molar-refractivity contribution in [2.75, 3.05) is 39.9 Å². The highest BCUT2D eigenvalue weighted by Gasteiger charge is 2.25. The van der Waals surface area contributed by atoms with Crippen LogP contribution in [0.3, 0.4) is 0 Å². The molecule has 8 heteroatoms. The molecule has 0 spiro atoms. The van der Waals surface area contributed by atoms with Crippen LogP contribution in [0.2, 0.25) is 5.02 Å². The number of amides is 2. The van der Waals surface area contributed by atoms with Gasteiger partial charge in [0.15, 0.2) is 6.61 Å². The summed E-state index contributed by atoms with van der Waals surface area (Å²) in [6, 6.07) is 10.7. The van der Waals surface area contributed by atoms with Crippen molar-refractivity contribution in [2.45, 2.75) is 0 Å². The van der Waals surface area contributed by atoms with Crippen LogP contribution in [-0.4, -0.2) is 61.5 Å². The van der Waals surface area contributed by atoms with Gasteiger partial charge in [-0.15, -0.1) is 0 Å². The summed E-state index contributed by atoms with van der Waals surface area (Å²) < 4.78 is 23.5. The number of carbonyl (C=O) groups is 2. The largest absolute Gasteiger partial charge is 0.497 e. The maximum absolute atomic E-state index is 13.0. The lowest BCUT2D eigenvalue weighted by molar-refractivity contribution is -0.134. The second-order valence-electron chi connectivity index (χ2n) is 6.26. The fourth-order valence-corrected chi connectivity index (χ4v) is 3.12. The van der Waals surface area contributed by atoms with Crippen molar-refractivity contribution in [3.05, 3.63) is 58.9 Å². The molecule has 2 aromatic carbocycles. The molecule has 3 rings (SSSR count). The fraction of sp³-hybridized carbons (Fsp3) is 0.300. The van der Waals surface area contributed by atoms with Gasteiger partial charge in [-0.1, -0.05) is 11.6 Å². The number of ether oxygens (including phenoxy) is 2. The van der Waals surface area contributed by atoms with E-state index in [9.17, 15) is 14.0 Å². The predicted octanol–water partition coefficient (Wildman–Crippen LogP) is 2.85. The summed E-state index contributed by atoms with van der Waals surface area (Å²) in [5.74, 6) is 0.181. The Morgan fingerprint density at radius 1 is 1.04 bits per heavy atom. The lowest BCUT2D eigenvalue weighted by atomic mass is 10.1. The minimum Gasteiger partial charge on any atom is -0.497 e. The average molecular weight is 407 g/mol.